The Hall–Kier alpha value is -0.530. The lowest BCUT2D eigenvalue weighted by Gasteiger charge is -2.11. The highest BCUT2D eigenvalue weighted by atomic mass is 16.4. The molecule has 1 unspecified atom stereocenters. The first kappa shape index (κ1) is 29.5. The van der Waals surface area contributed by atoms with Crippen molar-refractivity contribution in [3.63, 3.8) is 0 Å². The molecule has 1 atom stereocenters. The average Bonchev–Trinajstić information content (AvgIpc) is 2.74. The average molecular weight is 425 g/mol. The normalized spacial score (nSPS) is 12.3. The van der Waals surface area contributed by atoms with E-state index in [1.54, 1.807) is 0 Å². The molecule has 0 aromatic rings. The van der Waals surface area contributed by atoms with Gasteiger partial charge in [-0.1, -0.05) is 155 Å². The molecule has 0 aromatic heterocycles. The third kappa shape index (κ3) is 22.2. The van der Waals surface area contributed by atoms with E-state index in [-0.39, 0.29) is 5.92 Å². The minimum Gasteiger partial charge on any atom is -0.481 e. The van der Waals surface area contributed by atoms with Crippen LogP contribution in [0.5, 0.6) is 0 Å². The van der Waals surface area contributed by atoms with Crippen molar-refractivity contribution in [1.82, 2.24) is 0 Å². The van der Waals surface area contributed by atoms with E-state index in [0.717, 1.165) is 25.7 Å². The van der Waals surface area contributed by atoms with Crippen LogP contribution in [0.1, 0.15) is 168 Å². The number of unbranched alkanes of at least 4 members (excludes halogenated alkanes) is 20. The highest BCUT2D eigenvalue weighted by Crippen LogP contribution is 2.19. The smallest absolute Gasteiger partial charge is 0.306 e. The number of aliphatic carboxylic acids is 1. The fourth-order valence-corrected chi connectivity index (χ4v) is 4.50. The molecule has 0 bridgehead atoms. The predicted octanol–water partition coefficient (Wildman–Crippen LogP) is 10.1. The zero-order valence-corrected chi connectivity index (χ0v) is 20.9. The summed E-state index contributed by atoms with van der Waals surface area (Å²) in [5, 5.41) is 9.32. The van der Waals surface area contributed by atoms with E-state index in [2.05, 4.69) is 13.8 Å². The van der Waals surface area contributed by atoms with Gasteiger partial charge in [0.2, 0.25) is 0 Å². The third-order valence-electron chi connectivity index (χ3n) is 6.66. The second-order valence-corrected chi connectivity index (χ2v) is 9.68. The lowest BCUT2D eigenvalue weighted by atomic mass is 9.94. The Labute approximate surface area is 190 Å². The first-order valence-electron chi connectivity index (χ1n) is 13.9. The van der Waals surface area contributed by atoms with Crippen LogP contribution in [0.3, 0.4) is 0 Å². The summed E-state index contributed by atoms with van der Waals surface area (Å²) in [6.07, 6.45) is 31.6. The second-order valence-electron chi connectivity index (χ2n) is 9.68. The van der Waals surface area contributed by atoms with Gasteiger partial charge in [0.1, 0.15) is 0 Å². The van der Waals surface area contributed by atoms with Crippen LogP contribution >= 0.6 is 0 Å². The van der Waals surface area contributed by atoms with E-state index in [1.165, 1.54) is 128 Å². The van der Waals surface area contributed by atoms with Gasteiger partial charge in [-0.3, -0.25) is 4.79 Å². The summed E-state index contributed by atoms with van der Waals surface area (Å²) in [5.74, 6) is -0.671. The minimum absolute atomic E-state index is 0.0951. The van der Waals surface area contributed by atoms with Crippen LogP contribution in [0.2, 0.25) is 0 Å². The molecule has 0 saturated heterocycles. The Bertz CT molecular complexity index is 340. The quantitative estimate of drug-likeness (QED) is 0.148. The molecule has 1 N–H and O–H groups in total. The Morgan fingerprint density at radius 1 is 0.467 bits per heavy atom. The largest absolute Gasteiger partial charge is 0.481 e. The second kappa shape index (κ2) is 24.7. The molecule has 0 aliphatic rings. The molecule has 2 nitrogen and oxygen atoms in total. The van der Waals surface area contributed by atoms with E-state index in [1.807, 2.05) is 0 Å². The van der Waals surface area contributed by atoms with Crippen LogP contribution in [0.25, 0.3) is 0 Å². The number of hydrogen-bond acceptors (Lipinski definition) is 1. The Balaban J connectivity index is 3.23. The molecular formula is C28H56O2. The van der Waals surface area contributed by atoms with Gasteiger partial charge in [0.05, 0.1) is 5.92 Å². The van der Waals surface area contributed by atoms with Gasteiger partial charge >= 0.3 is 5.97 Å². The molecule has 0 radical (unpaired) electrons. The van der Waals surface area contributed by atoms with E-state index in [9.17, 15) is 9.90 Å². The maximum Gasteiger partial charge on any atom is 0.306 e. The topological polar surface area (TPSA) is 37.3 Å². The molecule has 30 heavy (non-hydrogen) atoms. The number of rotatable bonds is 25. The van der Waals surface area contributed by atoms with Gasteiger partial charge in [-0.25, -0.2) is 0 Å². The van der Waals surface area contributed by atoms with Gasteiger partial charge in [0.15, 0.2) is 0 Å². The van der Waals surface area contributed by atoms with Crippen LogP contribution < -0.4 is 0 Å². The number of carbonyl (C=O) groups is 1. The van der Waals surface area contributed by atoms with Crippen molar-refractivity contribution >= 4 is 5.97 Å². The summed E-state index contributed by atoms with van der Waals surface area (Å²) >= 11 is 0. The van der Waals surface area contributed by atoms with Crippen LogP contribution in [-0.4, -0.2) is 11.1 Å². The summed E-state index contributed by atoms with van der Waals surface area (Å²) in [6.45, 7) is 4.46. The molecule has 0 fully saturated rings. The van der Waals surface area contributed by atoms with E-state index < -0.39 is 5.97 Å². The zero-order valence-electron chi connectivity index (χ0n) is 20.9. The number of hydrogen-bond donors (Lipinski definition) is 1. The van der Waals surface area contributed by atoms with E-state index in [4.69, 9.17) is 0 Å². The Morgan fingerprint density at radius 3 is 1.00 bits per heavy atom. The molecule has 0 aromatic carbocycles. The van der Waals surface area contributed by atoms with Gasteiger partial charge in [-0.05, 0) is 12.8 Å². The lowest BCUT2D eigenvalue weighted by Crippen LogP contribution is -2.13. The third-order valence-corrected chi connectivity index (χ3v) is 6.66. The van der Waals surface area contributed by atoms with E-state index in [0.29, 0.717) is 0 Å². The summed E-state index contributed by atoms with van der Waals surface area (Å²) < 4.78 is 0. The fourth-order valence-electron chi connectivity index (χ4n) is 4.50. The number of carboxylic acids is 1. The monoisotopic (exact) mass is 424 g/mol. The maximum atomic E-state index is 11.3. The SMILES string of the molecule is CCCCCCCCCCCCCCCCCCCCCC(CCCCC)C(=O)O. The van der Waals surface area contributed by atoms with Crippen molar-refractivity contribution in [2.75, 3.05) is 0 Å². The summed E-state index contributed by atoms with van der Waals surface area (Å²) in [5.41, 5.74) is 0. The zero-order chi connectivity index (χ0) is 22.1. The molecule has 0 heterocycles. The first-order chi connectivity index (χ1) is 14.7. The molecule has 0 rings (SSSR count). The van der Waals surface area contributed by atoms with E-state index >= 15 is 0 Å². The number of carboxylic acid groups (broad SMARTS) is 1. The summed E-state index contributed by atoms with van der Waals surface area (Å²) in [4.78, 5) is 11.3. The van der Waals surface area contributed by atoms with Gasteiger partial charge in [0, 0.05) is 0 Å². The molecule has 0 amide bonds. The van der Waals surface area contributed by atoms with Crippen LogP contribution in [0.4, 0.5) is 0 Å². The fraction of sp³-hybridized carbons (Fsp3) is 0.964. The highest BCUT2D eigenvalue weighted by Gasteiger charge is 2.15. The standard InChI is InChI=1S/C28H56O2/c1-3-5-7-8-9-10-11-12-13-14-15-16-17-18-19-20-21-22-24-26-27(28(29)30)25-23-6-4-2/h27H,3-26H2,1-2H3,(H,29,30). The first-order valence-corrected chi connectivity index (χ1v) is 13.9. The molecular weight excluding hydrogens is 368 g/mol. The summed E-state index contributed by atoms with van der Waals surface area (Å²) in [7, 11) is 0. The molecule has 0 spiro atoms. The van der Waals surface area contributed by atoms with Crippen molar-refractivity contribution in [3.05, 3.63) is 0 Å². The predicted molar refractivity (Wildman–Crippen MR) is 133 cm³/mol. The van der Waals surface area contributed by atoms with Gasteiger partial charge in [0.25, 0.3) is 0 Å². The van der Waals surface area contributed by atoms with Crippen molar-refractivity contribution in [3.8, 4) is 0 Å². The Kier molecular flexibility index (Phi) is 24.3. The molecule has 0 aliphatic carbocycles. The maximum absolute atomic E-state index is 11.3. The Morgan fingerprint density at radius 2 is 0.700 bits per heavy atom. The van der Waals surface area contributed by atoms with Gasteiger partial charge in [-0.2, -0.15) is 0 Å². The van der Waals surface area contributed by atoms with Crippen molar-refractivity contribution in [2.24, 2.45) is 5.92 Å². The summed E-state index contributed by atoms with van der Waals surface area (Å²) in [6, 6.07) is 0. The van der Waals surface area contributed by atoms with Crippen LogP contribution in [0.15, 0.2) is 0 Å². The van der Waals surface area contributed by atoms with Crippen LogP contribution in [-0.2, 0) is 4.79 Å². The van der Waals surface area contributed by atoms with Crippen molar-refractivity contribution in [1.29, 1.82) is 0 Å². The molecule has 180 valence electrons. The molecule has 0 saturated carbocycles. The van der Waals surface area contributed by atoms with Gasteiger partial charge in [-0.15, -0.1) is 0 Å². The van der Waals surface area contributed by atoms with Crippen molar-refractivity contribution < 1.29 is 9.90 Å². The lowest BCUT2D eigenvalue weighted by molar-refractivity contribution is -0.142. The van der Waals surface area contributed by atoms with Gasteiger partial charge < -0.3 is 5.11 Å². The molecule has 0 aliphatic heterocycles. The van der Waals surface area contributed by atoms with Crippen molar-refractivity contribution in [2.45, 2.75) is 168 Å². The molecule has 2 heteroatoms. The minimum atomic E-state index is -0.575. The van der Waals surface area contributed by atoms with Crippen LogP contribution in [0, 0.1) is 5.92 Å². The highest BCUT2D eigenvalue weighted by molar-refractivity contribution is 5.69.